The van der Waals surface area contributed by atoms with E-state index in [0.29, 0.717) is 6.54 Å². The molecule has 30 heavy (non-hydrogen) atoms. The van der Waals surface area contributed by atoms with E-state index in [1.54, 1.807) is 0 Å². The lowest BCUT2D eigenvalue weighted by atomic mass is 10.1. The topological polar surface area (TPSA) is 48.3 Å². The molecule has 0 atom stereocenters. The Morgan fingerprint density at radius 2 is 1.63 bits per heavy atom. The van der Waals surface area contributed by atoms with Gasteiger partial charge in [0.25, 0.3) is 0 Å². The van der Waals surface area contributed by atoms with E-state index in [0.717, 1.165) is 40.6 Å². The molecule has 0 aliphatic carbocycles. The van der Waals surface area contributed by atoms with Crippen molar-refractivity contribution >= 4 is 0 Å². The fourth-order valence-electron chi connectivity index (χ4n) is 3.68. The van der Waals surface area contributed by atoms with Crippen LogP contribution in [-0.2, 0) is 13.1 Å². The van der Waals surface area contributed by atoms with E-state index >= 15 is 0 Å². The molecule has 5 heteroatoms. The molecule has 1 N–H and O–H groups in total. The van der Waals surface area contributed by atoms with Crippen molar-refractivity contribution in [2.24, 2.45) is 0 Å². The van der Waals surface area contributed by atoms with E-state index in [1.807, 2.05) is 41.1 Å². The van der Waals surface area contributed by atoms with E-state index in [1.165, 1.54) is 11.1 Å². The molecular weight excluding hydrogens is 374 g/mol. The van der Waals surface area contributed by atoms with Crippen LogP contribution in [0.5, 0.6) is 11.5 Å². The first kappa shape index (κ1) is 18.5. The van der Waals surface area contributed by atoms with Gasteiger partial charge in [0, 0.05) is 30.4 Å². The zero-order valence-corrected chi connectivity index (χ0v) is 16.8. The fraction of sp³-hybridized carbons (Fsp3) is 0.160. The molecule has 5 rings (SSSR count). The van der Waals surface area contributed by atoms with Crippen molar-refractivity contribution in [2.45, 2.75) is 20.0 Å². The molecule has 0 amide bonds. The molecule has 5 nitrogen and oxygen atoms in total. The summed E-state index contributed by atoms with van der Waals surface area (Å²) in [4.78, 5) is 0. The number of fused-ring (bicyclic) bond motifs is 1. The standard InChI is InChI=1S/C25H23N3O2/c1-18-7-5-6-8-20(18)14-26-15-21-16-28(22-9-3-2-4-10-22)27-25(21)19-11-12-23-24(13-19)30-17-29-23/h2-13,16,26H,14-15,17H2,1H3. The summed E-state index contributed by atoms with van der Waals surface area (Å²) in [6.45, 7) is 3.93. The number of nitrogens with zero attached hydrogens (tertiary/aromatic N) is 2. The fourth-order valence-corrected chi connectivity index (χ4v) is 3.68. The van der Waals surface area contributed by atoms with Crippen LogP contribution >= 0.6 is 0 Å². The van der Waals surface area contributed by atoms with Gasteiger partial charge >= 0.3 is 0 Å². The van der Waals surface area contributed by atoms with Gasteiger partial charge in [-0.25, -0.2) is 4.68 Å². The third-order valence-corrected chi connectivity index (χ3v) is 5.35. The van der Waals surface area contributed by atoms with Crippen molar-refractivity contribution < 1.29 is 9.47 Å². The predicted molar refractivity (Wildman–Crippen MR) is 117 cm³/mol. The highest BCUT2D eigenvalue weighted by Crippen LogP contribution is 2.36. The van der Waals surface area contributed by atoms with Gasteiger partial charge < -0.3 is 14.8 Å². The molecule has 1 aliphatic heterocycles. The lowest BCUT2D eigenvalue weighted by molar-refractivity contribution is 0.174. The van der Waals surface area contributed by atoms with E-state index in [9.17, 15) is 0 Å². The Bertz CT molecular complexity index is 1170. The van der Waals surface area contributed by atoms with E-state index in [2.05, 4.69) is 54.8 Å². The molecule has 3 aromatic carbocycles. The molecule has 0 saturated carbocycles. The monoisotopic (exact) mass is 397 g/mol. The highest BCUT2D eigenvalue weighted by molar-refractivity contribution is 5.67. The second-order valence-electron chi connectivity index (χ2n) is 7.38. The van der Waals surface area contributed by atoms with Gasteiger partial charge in [0.15, 0.2) is 11.5 Å². The largest absolute Gasteiger partial charge is 0.454 e. The number of aryl methyl sites for hydroxylation is 1. The van der Waals surface area contributed by atoms with Crippen LogP contribution in [0.4, 0.5) is 0 Å². The van der Waals surface area contributed by atoms with Crippen LogP contribution in [0, 0.1) is 6.92 Å². The average molecular weight is 397 g/mol. The molecule has 0 fully saturated rings. The van der Waals surface area contributed by atoms with E-state index in [-0.39, 0.29) is 6.79 Å². The molecule has 4 aromatic rings. The van der Waals surface area contributed by atoms with Gasteiger partial charge in [-0.2, -0.15) is 5.10 Å². The Hall–Kier alpha value is -3.57. The number of rotatable bonds is 6. The number of nitrogens with one attached hydrogen (secondary N) is 1. The first-order chi connectivity index (χ1) is 14.8. The van der Waals surface area contributed by atoms with Gasteiger partial charge in [-0.05, 0) is 48.4 Å². The molecule has 1 aromatic heterocycles. The number of ether oxygens (including phenoxy) is 2. The maximum absolute atomic E-state index is 5.57. The van der Waals surface area contributed by atoms with Crippen molar-refractivity contribution in [1.29, 1.82) is 0 Å². The van der Waals surface area contributed by atoms with E-state index in [4.69, 9.17) is 14.6 Å². The van der Waals surface area contributed by atoms with Crippen LogP contribution in [0.3, 0.4) is 0 Å². The highest BCUT2D eigenvalue weighted by Gasteiger charge is 2.18. The lowest BCUT2D eigenvalue weighted by Crippen LogP contribution is -2.13. The van der Waals surface area contributed by atoms with Crippen LogP contribution in [0.25, 0.3) is 16.9 Å². The zero-order chi connectivity index (χ0) is 20.3. The van der Waals surface area contributed by atoms with E-state index < -0.39 is 0 Å². The number of aromatic nitrogens is 2. The minimum absolute atomic E-state index is 0.266. The third-order valence-electron chi connectivity index (χ3n) is 5.35. The second-order valence-corrected chi connectivity index (χ2v) is 7.38. The van der Waals surface area contributed by atoms with Gasteiger partial charge in [-0.1, -0.05) is 42.5 Å². The Kier molecular flexibility index (Phi) is 4.95. The maximum Gasteiger partial charge on any atom is 0.231 e. The molecule has 1 aliphatic rings. The number of hydrogen-bond donors (Lipinski definition) is 1. The molecule has 0 unspecified atom stereocenters. The molecule has 0 saturated heterocycles. The SMILES string of the molecule is Cc1ccccc1CNCc1cn(-c2ccccc2)nc1-c1ccc2c(c1)OCO2. The summed E-state index contributed by atoms with van der Waals surface area (Å²) < 4.78 is 13.0. The van der Waals surface area contributed by atoms with Crippen molar-refractivity contribution in [1.82, 2.24) is 15.1 Å². The summed E-state index contributed by atoms with van der Waals surface area (Å²) in [6.07, 6.45) is 2.10. The van der Waals surface area contributed by atoms with Crippen LogP contribution in [0.2, 0.25) is 0 Å². The van der Waals surface area contributed by atoms with Crippen molar-refractivity contribution in [2.75, 3.05) is 6.79 Å². The molecular formula is C25H23N3O2. The van der Waals surface area contributed by atoms with Crippen molar-refractivity contribution in [3.8, 4) is 28.4 Å². The number of para-hydroxylation sites is 1. The van der Waals surface area contributed by atoms with Crippen LogP contribution in [0.15, 0.2) is 79.0 Å². The molecule has 2 heterocycles. The number of hydrogen-bond acceptors (Lipinski definition) is 4. The Morgan fingerprint density at radius 1 is 0.867 bits per heavy atom. The molecule has 0 bridgehead atoms. The van der Waals surface area contributed by atoms with Gasteiger partial charge in [0.2, 0.25) is 6.79 Å². The summed E-state index contributed by atoms with van der Waals surface area (Å²) in [7, 11) is 0. The minimum atomic E-state index is 0.266. The Balaban J connectivity index is 1.45. The van der Waals surface area contributed by atoms with Gasteiger partial charge in [0.05, 0.1) is 11.4 Å². The minimum Gasteiger partial charge on any atom is -0.454 e. The molecule has 0 radical (unpaired) electrons. The quantitative estimate of drug-likeness (QED) is 0.504. The average Bonchev–Trinajstić information content (AvgIpc) is 3.42. The number of benzene rings is 3. The van der Waals surface area contributed by atoms with Gasteiger partial charge in [-0.15, -0.1) is 0 Å². The summed E-state index contributed by atoms with van der Waals surface area (Å²) >= 11 is 0. The van der Waals surface area contributed by atoms with Crippen molar-refractivity contribution in [3.63, 3.8) is 0 Å². The predicted octanol–water partition coefficient (Wildman–Crippen LogP) is 4.87. The van der Waals surface area contributed by atoms with Crippen LogP contribution in [-0.4, -0.2) is 16.6 Å². The summed E-state index contributed by atoms with van der Waals surface area (Å²) in [6, 6.07) is 24.6. The zero-order valence-electron chi connectivity index (χ0n) is 16.8. The Labute approximate surface area is 175 Å². The molecule has 0 spiro atoms. The van der Waals surface area contributed by atoms with Crippen molar-refractivity contribution in [3.05, 3.63) is 95.7 Å². The highest BCUT2D eigenvalue weighted by atomic mass is 16.7. The Morgan fingerprint density at radius 3 is 2.50 bits per heavy atom. The van der Waals surface area contributed by atoms with Gasteiger partial charge in [-0.3, -0.25) is 0 Å². The third kappa shape index (κ3) is 3.67. The van der Waals surface area contributed by atoms with Gasteiger partial charge in [0.1, 0.15) is 0 Å². The second kappa shape index (κ2) is 8.05. The normalized spacial score (nSPS) is 12.3. The maximum atomic E-state index is 5.57. The van der Waals surface area contributed by atoms with Crippen LogP contribution < -0.4 is 14.8 Å². The smallest absolute Gasteiger partial charge is 0.231 e. The summed E-state index contributed by atoms with van der Waals surface area (Å²) in [5.41, 5.74) is 6.71. The van der Waals surface area contributed by atoms with Crippen LogP contribution in [0.1, 0.15) is 16.7 Å². The summed E-state index contributed by atoms with van der Waals surface area (Å²) in [5.74, 6) is 1.54. The molecule has 150 valence electrons. The first-order valence-electron chi connectivity index (χ1n) is 10.1. The first-order valence-corrected chi connectivity index (χ1v) is 10.1. The lowest BCUT2D eigenvalue weighted by Gasteiger charge is -2.08. The summed E-state index contributed by atoms with van der Waals surface area (Å²) in [5, 5.41) is 8.48.